The fourth-order valence-electron chi connectivity index (χ4n) is 3.59. The SMILES string of the molecule is COc1cc(-c2c(CBr)c(OC)cc3ccccc23)c2ccccc2c1. The van der Waals surface area contributed by atoms with E-state index < -0.39 is 0 Å². The summed E-state index contributed by atoms with van der Waals surface area (Å²) in [4.78, 5) is 0. The summed E-state index contributed by atoms with van der Waals surface area (Å²) in [7, 11) is 3.44. The number of fused-ring (bicyclic) bond motifs is 2. The Morgan fingerprint density at radius 2 is 1.42 bits per heavy atom. The second-order valence-corrected chi connectivity index (χ2v) is 6.74. The molecule has 0 unspecified atom stereocenters. The lowest BCUT2D eigenvalue weighted by molar-refractivity contribution is 0.412. The first-order chi connectivity index (χ1) is 12.8. The number of halogens is 1. The number of hydrogen-bond donors (Lipinski definition) is 0. The van der Waals surface area contributed by atoms with Crippen LogP contribution in [0.15, 0.2) is 66.7 Å². The summed E-state index contributed by atoms with van der Waals surface area (Å²) in [5.41, 5.74) is 3.49. The van der Waals surface area contributed by atoms with Crippen molar-refractivity contribution in [3.8, 4) is 22.6 Å². The molecular weight excluding hydrogens is 388 g/mol. The average molecular weight is 407 g/mol. The fraction of sp³-hybridized carbons (Fsp3) is 0.130. The first kappa shape index (κ1) is 16.9. The first-order valence-electron chi connectivity index (χ1n) is 8.48. The van der Waals surface area contributed by atoms with Gasteiger partial charge in [-0.3, -0.25) is 0 Å². The minimum Gasteiger partial charge on any atom is -0.497 e. The summed E-state index contributed by atoms with van der Waals surface area (Å²) in [6.45, 7) is 0. The molecule has 4 aromatic rings. The Hall–Kier alpha value is -2.52. The average Bonchev–Trinajstić information content (AvgIpc) is 2.71. The van der Waals surface area contributed by atoms with Crippen LogP contribution >= 0.6 is 15.9 Å². The molecule has 3 heteroatoms. The van der Waals surface area contributed by atoms with Crippen molar-refractivity contribution in [1.82, 2.24) is 0 Å². The Morgan fingerprint density at radius 3 is 2.08 bits per heavy atom. The molecule has 0 amide bonds. The van der Waals surface area contributed by atoms with E-state index >= 15 is 0 Å². The number of alkyl halides is 1. The maximum absolute atomic E-state index is 5.71. The number of hydrogen-bond acceptors (Lipinski definition) is 2. The lowest BCUT2D eigenvalue weighted by Crippen LogP contribution is -1.96. The van der Waals surface area contributed by atoms with E-state index in [4.69, 9.17) is 9.47 Å². The Bertz CT molecular complexity index is 1100. The van der Waals surface area contributed by atoms with Gasteiger partial charge >= 0.3 is 0 Å². The number of methoxy groups -OCH3 is 2. The van der Waals surface area contributed by atoms with Crippen molar-refractivity contribution < 1.29 is 9.47 Å². The molecule has 4 aromatic carbocycles. The topological polar surface area (TPSA) is 18.5 Å². The molecule has 26 heavy (non-hydrogen) atoms. The van der Waals surface area contributed by atoms with Gasteiger partial charge in [0.1, 0.15) is 11.5 Å². The quantitative estimate of drug-likeness (QED) is 0.356. The predicted octanol–water partition coefficient (Wildman–Crippen LogP) is 6.57. The molecule has 0 aromatic heterocycles. The third-order valence-corrected chi connectivity index (χ3v) is 5.37. The van der Waals surface area contributed by atoms with Crippen molar-refractivity contribution >= 4 is 37.5 Å². The smallest absolute Gasteiger partial charge is 0.124 e. The van der Waals surface area contributed by atoms with Crippen molar-refractivity contribution in [2.75, 3.05) is 14.2 Å². The Kier molecular flexibility index (Phi) is 4.56. The second-order valence-electron chi connectivity index (χ2n) is 6.18. The van der Waals surface area contributed by atoms with Crippen LogP contribution in [0, 0.1) is 0 Å². The zero-order valence-electron chi connectivity index (χ0n) is 14.8. The van der Waals surface area contributed by atoms with Crippen molar-refractivity contribution in [2.24, 2.45) is 0 Å². The van der Waals surface area contributed by atoms with Gasteiger partial charge in [0, 0.05) is 10.9 Å². The van der Waals surface area contributed by atoms with Crippen LogP contribution in [0.5, 0.6) is 11.5 Å². The van der Waals surface area contributed by atoms with Gasteiger partial charge in [0.2, 0.25) is 0 Å². The van der Waals surface area contributed by atoms with E-state index in [1.54, 1.807) is 14.2 Å². The third-order valence-electron chi connectivity index (χ3n) is 4.81. The van der Waals surface area contributed by atoms with Gasteiger partial charge in [0.15, 0.2) is 0 Å². The van der Waals surface area contributed by atoms with Gasteiger partial charge in [-0.2, -0.15) is 0 Å². The highest BCUT2D eigenvalue weighted by Crippen LogP contribution is 2.43. The molecule has 0 N–H and O–H groups in total. The molecule has 0 bridgehead atoms. The number of rotatable bonds is 4. The van der Waals surface area contributed by atoms with Gasteiger partial charge in [-0.1, -0.05) is 64.5 Å². The summed E-state index contributed by atoms with van der Waals surface area (Å²) in [6, 6.07) is 23.2. The highest BCUT2D eigenvalue weighted by Gasteiger charge is 2.17. The molecule has 0 saturated heterocycles. The van der Waals surface area contributed by atoms with Crippen LogP contribution in [-0.2, 0) is 5.33 Å². The van der Waals surface area contributed by atoms with Crippen LogP contribution in [-0.4, -0.2) is 14.2 Å². The summed E-state index contributed by atoms with van der Waals surface area (Å²) in [5.74, 6) is 1.74. The molecule has 0 atom stereocenters. The molecule has 0 aliphatic carbocycles. The lowest BCUT2D eigenvalue weighted by Gasteiger charge is -2.18. The van der Waals surface area contributed by atoms with Gasteiger partial charge in [0.05, 0.1) is 14.2 Å². The van der Waals surface area contributed by atoms with E-state index in [2.05, 4.69) is 82.7 Å². The molecule has 0 heterocycles. The van der Waals surface area contributed by atoms with Crippen LogP contribution in [0.3, 0.4) is 0 Å². The minimum atomic E-state index is 0.710. The van der Waals surface area contributed by atoms with Crippen LogP contribution < -0.4 is 9.47 Å². The molecule has 0 saturated carbocycles. The standard InChI is InChI=1S/C23H19BrO2/c1-25-17-11-15-7-3-5-9-18(15)20(13-17)23-19-10-6-4-8-16(19)12-22(26-2)21(23)14-24/h3-13H,14H2,1-2H3. The molecule has 0 radical (unpaired) electrons. The van der Waals surface area contributed by atoms with Crippen LogP contribution in [0.2, 0.25) is 0 Å². The van der Waals surface area contributed by atoms with Gasteiger partial charge < -0.3 is 9.47 Å². The highest BCUT2D eigenvalue weighted by atomic mass is 79.9. The van der Waals surface area contributed by atoms with Crippen molar-refractivity contribution in [3.63, 3.8) is 0 Å². The van der Waals surface area contributed by atoms with E-state index in [0.717, 1.165) is 33.4 Å². The van der Waals surface area contributed by atoms with Gasteiger partial charge in [-0.05, 0) is 50.9 Å². The molecule has 0 fully saturated rings. The second kappa shape index (κ2) is 7.00. The third kappa shape index (κ3) is 2.73. The first-order valence-corrected chi connectivity index (χ1v) is 9.60. The minimum absolute atomic E-state index is 0.710. The maximum atomic E-state index is 5.71. The van der Waals surface area contributed by atoms with Crippen molar-refractivity contribution in [1.29, 1.82) is 0 Å². The summed E-state index contributed by atoms with van der Waals surface area (Å²) in [6.07, 6.45) is 0. The zero-order valence-corrected chi connectivity index (χ0v) is 16.3. The Morgan fingerprint density at radius 1 is 0.769 bits per heavy atom. The van der Waals surface area contributed by atoms with E-state index in [-0.39, 0.29) is 0 Å². The van der Waals surface area contributed by atoms with Crippen molar-refractivity contribution in [3.05, 3.63) is 72.3 Å². The zero-order chi connectivity index (χ0) is 18.1. The van der Waals surface area contributed by atoms with Gasteiger partial charge in [-0.25, -0.2) is 0 Å². The molecule has 130 valence electrons. The van der Waals surface area contributed by atoms with Crippen LogP contribution in [0.1, 0.15) is 5.56 Å². The molecule has 0 aliphatic rings. The van der Waals surface area contributed by atoms with E-state index in [1.807, 2.05) is 0 Å². The molecule has 2 nitrogen and oxygen atoms in total. The molecule has 0 spiro atoms. The monoisotopic (exact) mass is 406 g/mol. The number of ether oxygens (including phenoxy) is 2. The van der Waals surface area contributed by atoms with Crippen LogP contribution in [0.25, 0.3) is 32.7 Å². The molecule has 4 rings (SSSR count). The van der Waals surface area contributed by atoms with Gasteiger partial charge in [-0.15, -0.1) is 0 Å². The molecular formula is C23H19BrO2. The van der Waals surface area contributed by atoms with Crippen molar-refractivity contribution in [2.45, 2.75) is 5.33 Å². The predicted molar refractivity (Wildman–Crippen MR) is 113 cm³/mol. The van der Waals surface area contributed by atoms with Gasteiger partial charge in [0.25, 0.3) is 0 Å². The maximum Gasteiger partial charge on any atom is 0.124 e. The largest absolute Gasteiger partial charge is 0.497 e. The van der Waals surface area contributed by atoms with E-state index in [1.165, 1.54) is 16.3 Å². The van der Waals surface area contributed by atoms with Crippen LogP contribution in [0.4, 0.5) is 0 Å². The molecule has 0 aliphatic heterocycles. The summed E-state index contributed by atoms with van der Waals surface area (Å²) < 4.78 is 11.3. The van der Waals surface area contributed by atoms with E-state index in [9.17, 15) is 0 Å². The number of benzene rings is 4. The Balaban J connectivity index is 2.20. The summed E-state index contributed by atoms with van der Waals surface area (Å²) in [5, 5.41) is 5.45. The Labute approximate surface area is 161 Å². The summed E-state index contributed by atoms with van der Waals surface area (Å²) >= 11 is 3.67. The fourth-order valence-corrected chi connectivity index (χ4v) is 4.15. The highest BCUT2D eigenvalue weighted by molar-refractivity contribution is 9.08. The lowest BCUT2D eigenvalue weighted by atomic mass is 9.90. The van der Waals surface area contributed by atoms with E-state index in [0.29, 0.717) is 5.33 Å². The normalized spacial score (nSPS) is 11.0.